The smallest absolute Gasteiger partial charge is 0.0785 e. The van der Waals surface area contributed by atoms with E-state index in [1.54, 1.807) is 0 Å². The highest BCUT2D eigenvalue weighted by molar-refractivity contribution is 5.14. The molecule has 0 aromatic rings. The van der Waals surface area contributed by atoms with E-state index in [4.69, 9.17) is 5.26 Å². The molecule has 0 spiro atoms. The van der Waals surface area contributed by atoms with Gasteiger partial charge in [0.2, 0.25) is 0 Å². The summed E-state index contributed by atoms with van der Waals surface area (Å²) >= 11 is 0. The standard InChI is InChI=1S/C11H17N/c1-4-7-9-11(6-3,10-12)8-5-2/h5,7,9H,2,4,6,8H2,1,3H3. The minimum Gasteiger partial charge on any atom is -0.197 e. The third kappa shape index (κ3) is 2.92. The van der Waals surface area contributed by atoms with E-state index in [0.717, 1.165) is 19.3 Å². The number of allylic oxidation sites excluding steroid dienone is 3. The fourth-order valence-electron chi connectivity index (χ4n) is 1.09. The average Bonchev–Trinajstić information content (AvgIpc) is 2.13. The molecular formula is C11H17N. The first-order valence-electron chi connectivity index (χ1n) is 4.44. The zero-order valence-corrected chi connectivity index (χ0v) is 8.01. The first kappa shape index (κ1) is 11.0. The summed E-state index contributed by atoms with van der Waals surface area (Å²) in [4.78, 5) is 0. The van der Waals surface area contributed by atoms with Gasteiger partial charge in [0.15, 0.2) is 0 Å². The average molecular weight is 163 g/mol. The van der Waals surface area contributed by atoms with Crippen molar-refractivity contribution in [2.45, 2.75) is 33.1 Å². The monoisotopic (exact) mass is 163 g/mol. The fourth-order valence-corrected chi connectivity index (χ4v) is 1.09. The molecular weight excluding hydrogens is 146 g/mol. The van der Waals surface area contributed by atoms with Crippen molar-refractivity contribution in [3.63, 3.8) is 0 Å². The van der Waals surface area contributed by atoms with Crippen LogP contribution in [0.2, 0.25) is 0 Å². The Kier molecular flexibility index (Phi) is 5.12. The van der Waals surface area contributed by atoms with Crippen LogP contribution in [0.4, 0.5) is 0 Å². The molecule has 0 aliphatic heterocycles. The van der Waals surface area contributed by atoms with Crippen molar-refractivity contribution < 1.29 is 0 Å². The molecule has 0 fully saturated rings. The lowest BCUT2D eigenvalue weighted by Crippen LogP contribution is -2.12. The van der Waals surface area contributed by atoms with Crippen molar-refractivity contribution in [1.82, 2.24) is 0 Å². The summed E-state index contributed by atoms with van der Waals surface area (Å²) in [7, 11) is 0. The van der Waals surface area contributed by atoms with Crippen LogP contribution < -0.4 is 0 Å². The molecule has 0 aliphatic carbocycles. The van der Waals surface area contributed by atoms with E-state index < -0.39 is 0 Å². The van der Waals surface area contributed by atoms with Crippen molar-refractivity contribution in [2.24, 2.45) is 5.41 Å². The van der Waals surface area contributed by atoms with E-state index in [1.807, 2.05) is 19.1 Å². The Morgan fingerprint density at radius 1 is 1.50 bits per heavy atom. The maximum atomic E-state index is 8.99. The molecule has 0 amide bonds. The van der Waals surface area contributed by atoms with E-state index >= 15 is 0 Å². The second-order valence-electron chi connectivity index (χ2n) is 2.92. The van der Waals surface area contributed by atoms with Crippen LogP contribution in [-0.2, 0) is 0 Å². The number of hydrogen-bond donors (Lipinski definition) is 0. The van der Waals surface area contributed by atoms with E-state index in [9.17, 15) is 0 Å². The molecule has 0 bridgehead atoms. The van der Waals surface area contributed by atoms with E-state index in [0.29, 0.717) is 0 Å². The third-order valence-corrected chi connectivity index (χ3v) is 2.03. The van der Waals surface area contributed by atoms with Crippen LogP contribution in [0.3, 0.4) is 0 Å². The Morgan fingerprint density at radius 3 is 2.50 bits per heavy atom. The largest absolute Gasteiger partial charge is 0.197 e. The SMILES string of the molecule is C=CCC(C#N)(C=CCC)CC. The maximum Gasteiger partial charge on any atom is 0.0785 e. The Morgan fingerprint density at radius 2 is 2.17 bits per heavy atom. The van der Waals surface area contributed by atoms with Crippen molar-refractivity contribution in [3.05, 3.63) is 24.8 Å². The molecule has 66 valence electrons. The zero-order chi connectivity index (χ0) is 9.45. The molecule has 0 aliphatic rings. The molecule has 0 aromatic carbocycles. The number of nitriles is 1. The molecule has 0 aromatic heterocycles. The van der Waals surface area contributed by atoms with Crippen LogP contribution in [0.15, 0.2) is 24.8 Å². The van der Waals surface area contributed by atoms with Gasteiger partial charge in [-0.25, -0.2) is 0 Å². The summed E-state index contributed by atoms with van der Waals surface area (Å²) in [5.74, 6) is 0. The predicted octanol–water partition coefficient (Wildman–Crippen LogP) is 3.45. The van der Waals surface area contributed by atoms with Crippen molar-refractivity contribution in [3.8, 4) is 6.07 Å². The van der Waals surface area contributed by atoms with Gasteiger partial charge in [-0.2, -0.15) is 5.26 Å². The summed E-state index contributed by atoms with van der Waals surface area (Å²) in [5, 5.41) is 8.99. The van der Waals surface area contributed by atoms with Gasteiger partial charge in [-0.1, -0.05) is 32.1 Å². The Bertz CT molecular complexity index is 198. The Balaban J connectivity index is 4.47. The Labute approximate surface area is 75.4 Å². The minimum atomic E-state index is -0.308. The Hall–Kier alpha value is -1.03. The first-order chi connectivity index (χ1) is 5.74. The molecule has 1 nitrogen and oxygen atoms in total. The van der Waals surface area contributed by atoms with Gasteiger partial charge in [-0.05, 0) is 19.3 Å². The number of hydrogen-bond acceptors (Lipinski definition) is 1. The molecule has 12 heavy (non-hydrogen) atoms. The van der Waals surface area contributed by atoms with Gasteiger partial charge < -0.3 is 0 Å². The van der Waals surface area contributed by atoms with Gasteiger partial charge in [-0.3, -0.25) is 0 Å². The predicted molar refractivity (Wildman–Crippen MR) is 52.6 cm³/mol. The highest BCUT2D eigenvalue weighted by atomic mass is 14.3. The zero-order valence-electron chi connectivity index (χ0n) is 8.01. The van der Waals surface area contributed by atoms with Crippen LogP contribution in [-0.4, -0.2) is 0 Å². The van der Waals surface area contributed by atoms with Crippen LogP contribution >= 0.6 is 0 Å². The third-order valence-electron chi connectivity index (χ3n) is 2.03. The molecule has 1 atom stereocenters. The molecule has 1 heteroatoms. The summed E-state index contributed by atoms with van der Waals surface area (Å²) in [6.07, 6.45) is 8.46. The van der Waals surface area contributed by atoms with E-state index in [-0.39, 0.29) is 5.41 Å². The van der Waals surface area contributed by atoms with Gasteiger partial charge in [0, 0.05) is 0 Å². The summed E-state index contributed by atoms with van der Waals surface area (Å²) in [6, 6.07) is 2.34. The highest BCUT2D eigenvalue weighted by Crippen LogP contribution is 2.27. The van der Waals surface area contributed by atoms with E-state index in [2.05, 4.69) is 25.6 Å². The van der Waals surface area contributed by atoms with Gasteiger partial charge >= 0.3 is 0 Å². The molecule has 0 saturated carbocycles. The topological polar surface area (TPSA) is 23.8 Å². The lowest BCUT2D eigenvalue weighted by atomic mass is 9.83. The highest BCUT2D eigenvalue weighted by Gasteiger charge is 2.21. The molecule has 0 saturated heterocycles. The number of nitrogens with zero attached hydrogens (tertiary/aromatic N) is 1. The van der Waals surface area contributed by atoms with Crippen LogP contribution in [0.25, 0.3) is 0 Å². The van der Waals surface area contributed by atoms with Crippen LogP contribution in [0.1, 0.15) is 33.1 Å². The second-order valence-corrected chi connectivity index (χ2v) is 2.92. The van der Waals surface area contributed by atoms with Gasteiger partial charge in [0.1, 0.15) is 0 Å². The molecule has 0 N–H and O–H groups in total. The van der Waals surface area contributed by atoms with Gasteiger partial charge in [0.25, 0.3) is 0 Å². The van der Waals surface area contributed by atoms with E-state index in [1.165, 1.54) is 0 Å². The number of rotatable bonds is 5. The minimum absolute atomic E-state index is 0.308. The molecule has 1 unspecified atom stereocenters. The lowest BCUT2D eigenvalue weighted by molar-refractivity contribution is 0.494. The van der Waals surface area contributed by atoms with Crippen molar-refractivity contribution in [2.75, 3.05) is 0 Å². The van der Waals surface area contributed by atoms with Crippen LogP contribution in [0.5, 0.6) is 0 Å². The molecule has 0 radical (unpaired) electrons. The van der Waals surface area contributed by atoms with Crippen LogP contribution in [0, 0.1) is 16.7 Å². The summed E-state index contributed by atoms with van der Waals surface area (Å²) < 4.78 is 0. The lowest BCUT2D eigenvalue weighted by Gasteiger charge is -2.18. The quantitative estimate of drug-likeness (QED) is 0.569. The molecule has 0 rings (SSSR count). The van der Waals surface area contributed by atoms with Crippen molar-refractivity contribution >= 4 is 0 Å². The maximum absolute atomic E-state index is 8.99. The normalized spacial score (nSPS) is 15.4. The van der Waals surface area contributed by atoms with Gasteiger partial charge in [-0.15, -0.1) is 6.58 Å². The second kappa shape index (κ2) is 5.60. The summed E-state index contributed by atoms with van der Waals surface area (Å²) in [5.41, 5.74) is -0.308. The summed E-state index contributed by atoms with van der Waals surface area (Å²) in [6.45, 7) is 7.77. The molecule has 0 heterocycles. The van der Waals surface area contributed by atoms with Crippen molar-refractivity contribution in [1.29, 1.82) is 5.26 Å². The van der Waals surface area contributed by atoms with Gasteiger partial charge in [0.05, 0.1) is 11.5 Å². The first-order valence-corrected chi connectivity index (χ1v) is 4.44. The fraction of sp³-hybridized carbons (Fsp3) is 0.545.